The molecule has 3 aromatic rings. The smallest absolute Gasteiger partial charge is 0.387 e. The molecule has 1 aromatic heterocycles. The van der Waals surface area contributed by atoms with Gasteiger partial charge in [0.25, 0.3) is 0 Å². The number of nitrogens with zero attached hydrogens (tertiary/aromatic N) is 4. The van der Waals surface area contributed by atoms with Gasteiger partial charge >= 0.3 is 6.61 Å². The Balaban J connectivity index is 1.72. The minimum atomic E-state index is -2.94. The average molecular weight is 373 g/mol. The molecule has 0 unspecified atom stereocenters. The average Bonchev–Trinajstić information content (AvgIpc) is 3.20. The summed E-state index contributed by atoms with van der Waals surface area (Å²) in [6.07, 6.45) is 1.74. The first-order chi connectivity index (χ1) is 13.1. The van der Waals surface area contributed by atoms with Crippen LogP contribution in [0.5, 0.6) is 5.75 Å². The maximum atomic E-state index is 12.7. The van der Waals surface area contributed by atoms with Crippen molar-refractivity contribution in [1.29, 1.82) is 0 Å². The van der Waals surface area contributed by atoms with Crippen LogP contribution in [0.15, 0.2) is 60.9 Å². The van der Waals surface area contributed by atoms with E-state index in [1.807, 2.05) is 30.3 Å². The Labute approximate surface area is 154 Å². The Hall–Kier alpha value is -3.36. The van der Waals surface area contributed by atoms with Crippen molar-refractivity contribution >= 4 is 5.91 Å². The van der Waals surface area contributed by atoms with Crippen molar-refractivity contribution in [2.24, 2.45) is 0 Å². The number of carbonyl (C=O) groups is 1. The van der Waals surface area contributed by atoms with E-state index in [2.05, 4.69) is 25.6 Å². The highest BCUT2D eigenvalue weighted by atomic mass is 19.3. The van der Waals surface area contributed by atoms with Crippen LogP contribution in [-0.2, 0) is 17.8 Å². The number of aromatic nitrogens is 4. The van der Waals surface area contributed by atoms with Gasteiger partial charge in [-0.1, -0.05) is 48.5 Å². The van der Waals surface area contributed by atoms with E-state index < -0.39 is 12.7 Å². The van der Waals surface area contributed by atoms with Gasteiger partial charge in [0.05, 0.1) is 0 Å². The van der Waals surface area contributed by atoms with Gasteiger partial charge in [-0.15, -0.1) is 5.10 Å². The zero-order chi connectivity index (χ0) is 19.1. The standard InChI is InChI=1S/C18H17F2N5O2/c19-18(20)27-16-9-5-4-8-14(16)11-21-17(26)15(25-12-22-23-24-25)10-13-6-2-1-3-7-13/h1-9,12,15,18H,10-11H2,(H,21,26)/t15-/m1/s1. The minimum Gasteiger partial charge on any atom is -0.434 e. The number of tetrazole rings is 1. The Morgan fingerprint density at radius 1 is 1.11 bits per heavy atom. The van der Waals surface area contributed by atoms with Gasteiger partial charge in [-0.05, 0) is 22.1 Å². The number of halogens is 2. The number of nitrogens with one attached hydrogen (secondary N) is 1. The highest BCUT2D eigenvalue weighted by Gasteiger charge is 2.22. The molecule has 0 aliphatic carbocycles. The van der Waals surface area contributed by atoms with Gasteiger partial charge < -0.3 is 10.1 Å². The molecule has 0 bridgehead atoms. The molecule has 0 fully saturated rings. The third-order valence-electron chi connectivity index (χ3n) is 3.90. The van der Waals surface area contributed by atoms with E-state index in [-0.39, 0.29) is 18.2 Å². The van der Waals surface area contributed by atoms with E-state index in [1.54, 1.807) is 18.2 Å². The summed E-state index contributed by atoms with van der Waals surface area (Å²) in [5, 5.41) is 13.7. The summed E-state index contributed by atoms with van der Waals surface area (Å²) < 4.78 is 30.9. The highest BCUT2D eigenvalue weighted by Crippen LogP contribution is 2.20. The second kappa shape index (κ2) is 8.84. The number of para-hydroxylation sites is 1. The van der Waals surface area contributed by atoms with Crippen molar-refractivity contribution in [3.63, 3.8) is 0 Å². The molecule has 0 radical (unpaired) electrons. The van der Waals surface area contributed by atoms with E-state index in [9.17, 15) is 13.6 Å². The summed E-state index contributed by atoms with van der Waals surface area (Å²) in [7, 11) is 0. The molecule has 0 saturated carbocycles. The van der Waals surface area contributed by atoms with Gasteiger partial charge in [0.1, 0.15) is 18.1 Å². The molecule has 1 heterocycles. The Morgan fingerprint density at radius 2 is 1.85 bits per heavy atom. The topological polar surface area (TPSA) is 81.9 Å². The maximum Gasteiger partial charge on any atom is 0.387 e. The van der Waals surface area contributed by atoms with Crippen LogP contribution in [0.3, 0.4) is 0 Å². The molecule has 1 atom stereocenters. The number of rotatable bonds is 8. The third kappa shape index (κ3) is 5.06. The third-order valence-corrected chi connectivity index (χ3v) is 3.90. The van der Waals surface area contributed by atoms with E-state index >= 15 is 0 Å². The van der Waals surface area contributed by atoms with Gasteiger partial charge in [0, 0.05) is 18.5 Å². The second-order valence-corrected chi connectivity index (χ2v) is 5.70. The molecule has 1 N–H and O–H groups in total. The molecule has 1 amide bonds. The second-order valence-electron chi connectivity index (χ2n) is 5.70. The molecule has 7 nitrogen and oxygen atoms in total. The molecule has 27 heavy (non-hydrogen) atoms. The first-order valence-electron chi connectivity index (χ1n) is 8.20. The van der Waals surface area contributed by atoms with Crippen molar-refractivity contribution in [3.8, 4) is 5.75 Å². The van der Waals surface area contributed by atoms with Crippen LogP contribution in [0.25, 0.3) is 0 Å². The highest BCUT2D eigenvalue weighted by molar-refractivity contribution is 5.80. The number of amides is 1. The van der Waals surface area contributed by atoms with Crippen molar-refractivity contribution in [2.45, 2.75) is 25.6 Å². The van der Waals surface area contributed by atoms with Gasteiger partial charge in [0.2, 0.25) is 5.91 Å². The lowest BCUT2D eigenvalue weighted by atomic mass is 10.1. The summed E-state index contributed by atoms with van der Waals surface area (Å²) in [6, 6.07) is 15.1. The van der Waals surface area contributed by atoms with Gasteiger partial charge in [-0.25, -0.2) is 4.68 Å². The molecule has 3 rings (SSSR count). The Kier molecular flexibility index (Phi) is 6.03. The fourth-order valence-corrected chi connectivity index (χ4v) is 2.62. The molecule has 0 aliphatic rings. The van der Waals surface area contributed by atoms with Crippen LogP contribution in [0.2, 0.25) is 0 Å². The summed E-state index contributed by atoms with van der Waals surface area (Å²) in [6.45, 7) is -2.90. The summed E-state index contributed by atoms with van der Waals surface area (Å²) >= 11 is 0. The molecule has 140 valence electrons. The molecule has 9 heteroatoms. The number of benzene rings is 2. The van der Waals surface area contributed by atoms with Crippen LogP contribution >= 0.6 is 0 Å². The zero-order valence-electron chi connectivity index (χ0n) is 14.2. The van der Waals surface area contributed by atoms with Gasteiger partial charge in [-0.3, -0.25) is 4.79 Å². The van der Waals surface area contributed by atoms with E-state index in [0.29, 0.717) is 12.0 Å². The van der Waals surface area contributed by atoms with Crippen LogP contribution in [0, 0.1) is 0 Å². The summed E-state index contributed by atoms with van der Waals surface area (Å²) in [5.74, 6) is -0.312. The Morgan fingerprint density at radius 3 is 2.56 bits per heavy atom. The molecule has 2 aromatic carbocycles. The number of hydrogen-bond donors (Lipinski definition) is 1. The number of alkyl halides is 2. The minimum absolute atomic E-state index is 0.0230. The molecular weight excluding hydrogens is 356 g/mol. The normalized spacial score (nSPS) is 12.0. The fourth-order valence-electron chi connectivity index (χ4n) is 2.62. The van der Waals surface area contributed by atoms with Crippen molar-refractivity contribution in [2.75, 3.05) is 0 Å². The van der Waals surface area contributed by atoms with Gasteiger partial charge in [0.15, 0.2) is 0 Å². The molecule has 0 spiro atoms. The molecular formula is C18H17F2N5O2. The predicted octanol–water partition coefficient (Wildman–Crippen LogP) is 2.37. The quantitative estimate of drug-likeness (QED) is 0.656. The first-order valence-corrected chi connectivity index (χ1v) is 8.20. The van der Waals surface area contributed by atoms with E-state index in [0.717, 1.165) is 5.56 Å². The van der Waals surface area contributed by atoms with Crippen molar-refractivity contribution < 1.29 is 18.3 Å². The lowest BCUT2D eigenvalue weighted by molar-refractivity contribution is -0.124. The fraction of sp³-hybridized carbons (Fsp3) is 0.222. The van der Waals surface area contributed by atoms with E-state index in [4.69, 9.17) is 0 Å². The monoisotopic (exact) mass is 373 g/mol. The van der Waals surface area contributed by atoms with E-state index in [1.165, 1.54) is 17.1 Å². The number of carbonyl (C=O) groups excluding carboxylic acids is 1. The SMILES string of the molecule is O=C(NCc1ccccc1OC(F)F)[C@@H](Cc1ccccc1)n1cnnn1. The largest absolute Gasteiger partial charge is 0.434 e. The Bertz CT molecular complexity index is 859. The van der Waals surface area contributed by atoms with Crippen LogP contribution in [-0.4, -0.2) is 32.7 Å². The lowest BCUT2D eigenvalue weighted by Gasteiger charge is -2.17. The van der Waals surface area contributed by atoms with Crippen LogP contribution in [0.4, 0.5) is 8.78 Å². The van der Waals surface area contributed by atoms with Gasteiger partial charge in [-0.2, -0.15) is 8.78 Å². The summed E-state index contributed by atoms with van der Waals surface area (Å²) in [5.41, 5.74) is 1.39. The van der Waals surface area contributed by atoms with Crippen molar-refractivity contribution in [3.05, 3.63) is 72.1 Å². The first kappa shape index (κ1) is 18.4. The molecule has 0 saturated heterocycles. The predicted molar refractivity (Wildman–Crippen MR) is 91.9 cm³/mol. The lowest BCUT2D eigenvalue weighted by Crippen LogP contribution is -2.34. The zero-order valence-corrected chi connectivity index (χ0v) is 14.2. The van der Waals surface area contributed by atoms with Crippen molar-refractivity contribution in [1.82, 2.24) is 25.5 Å². The number of hydrogen-bond acceptors (Lipinski definition) is 5. The maximum absolute atomic E-state index is 12.7. The van der Waals surface area contributed by atoms with Crippen LogP contribution in [0.1, 0.15) is 17.2 Å². The molecule has 0 aliphatic heterocycles. The summed E-state index contributed by atoms with van der Waals surface area (Å²) in [4.78, 5) is 12.7. The number of ether oxygens (including phenoxy) is 1. The van der Waals surface area contributed by atoms with Crippen LogP contribution < -0.4 is 10.1 Å².